The number of nitrogens with one attached hydrogen (secondary N) is 2. The second-order valence-electron chi connectivity index (χ2n) is 2.65. The molecule has 1 saturated heterocycles. The first-order valence-electron chi connectivity index (χ1n) is 4.08. The summed E-state index contributed by atoms with van der Waals surface area (Å²) in [7, 11) is 0. The Morgan fingerprint density at radius 3 is 2.77 bits per heavy atom. The predicted octanol–water partition coefficient (Wildman–Crippen LogP) is 1.06. The van der Waals surface area contributed by atoms with Crippen molar-refractivity contribution in [3.63, 3.8) is 0 Å². The van der Waals surface area contributed by atoms with E-state index in [1.54, 1.807) is 0 Å². The molecule has 1 aliphatic rings. The van der Waals surface area contributed by atoms with E-state index in [0.29, 0.717) is 0 Å². The summed E-state index contributed by atoms with van der Waals surface area (Å²) in [5.74, 6) is 1.91. The van der Waals surface area contributed by atoms with Crippen LogP contribution in [0.25, 0.3) is 0 Å². The first kappa shape index (κ1) is 11.0. The molecule has 0 aromatic heterocycles. The van der Waals surface area contributed by atoms with Gasteiger partial charge in [-0.25, -0.2) is 9.18 Å². The number of urea groups is 1. The highest BCUT2D eigenvalue weighted by Crippen LogP contribution is 2.20. The Bertz CT molecular complexity index is 165. The fraction of sp³-hybridized carbons (Fsp3) is 0.857. The zero-order valence-electron chi connectivity index (χ0n) is 7.22. The lowest BCUT2D eigenvalue weighted by Crippen LogP contribution is -2.45. The second kappa shape index (κ2) is 6.37. The number of alkyl halides is 1. The van der Waals surface area contributed by atoms with Gasteiger partial charge in [-0.1, -0.05) is 0 Å². The Hall–Kier alpha value is -0.100. The third-order valence-corrected chi connectivity index (χ3v) is 4.13. The fourth-order valence-corrected chi connectivity index (χ4v) is 3.33. The van der Waals surface area contributed by atoms with Crippen LogP contribution in [0.15, 0.2) is 0 Å². The maximum Gasteiger partial charge on any atom is 0.315 e. The van der Waals surface area contributed by atoms with E-state index in [9.17, 15) is 9.18 Å². The number of carbonyl (C=O) groups is 1. The first-order chi connectivity index (χ1) is 6.33. The van der Waals surface area contributed by atoms with Crippen LogP contribution in [0, 0.1) is 0 Å². The molecule has 76 valence electrons. The summed E-state index contributed by atoms with van der Waals surface area (Å²) in [6, 6.07) is -0.0332. The Kier molecular flexibility index (Phi) is 5.38. The van der Waals surface area contributed by atoms with Gasteiger partial charge in [-0.05, 0) is 0 Å². The predicted molar refractivity (Wildman–Crippen MR) is 56.1 cm³/mol. The van der Waals surface area contributed by atoms with Crippen LogP contribution in [0.1, 0.15) is 0 Å². The first-order valence-corrected chi connectivity index (χ1v) is 6.39. The van der Waals surface area contributed by atoms with Crippen LogP contribution in [0.2, 0.25) is 0 Å². The molecule has 13 heavy (non-hydrogen) atoms. The highest BCUT2D eigenvalue weighted by Gasteiger charge is 2.15. The van der Waals surface area contributed by atoms with Crippen molar-refractivity contribution in [3.05, 3.63) is 0 Å². The SMILES string of the molecule is O=C(NCCF)NC1CSCSC1. The molecule has 3 nitrogen and oxygen atoms in total. The van der Waals surface area contributed by atoms with Crippen LogP contribution in [-0.2, 0) is 0 Å². The number of rotatable bonds is 3. The van der Waals surface area contributed by atoms with Crippen molar-refractivity contribution in [1.82, 2.24) is 10.6 Å². The van der Waals surface area contributed by atoms with Gasteiger partial charge in [-0.2, -0.15) is 0 Å². The number of thioether (sulfide) groups is 2. The summed E-state index contributed by atoms with van der Waals surface area (Å²) in [5, 5.41) is 6.33. The van der Waals surface area contributed by atoms with Gasteiger partial charge in [-0.15, -0.1) is 23.5 Å². The molecule has 0 atom stereocenters. The summed E-state index contributed by atoms with van der Waals surface area (Å²) >= 11 is 3.63. The highest BCUT2D eigenvalue weighted by atomic mass is 32.2. The van der Waals surface area contributed by atoms with E-state index in [1.807, 2.05) is 23.5 Å². The zero-order valence-corrected chi connectivity index (χ0v) is 8.85. The molecule has 6 heteroatoms. The molecule has 0 radical (unpaired) electrons. The van der Waals surface area contributed by atoms with Gasteiger partial charge in [0.05, 0.1) is 0 Å². The van der Waals surface area contributed by atoms with Crippen LogP contribution < -0.4 is 10.6 Å². The molecule has 0 unspecified atom stereocenters. The van der Waals surface area contributed by atoms with E-state index in [0.717, 1.165) is 16.6 Å². The third kappa shape index (κ3) is 4.61. The lowest BCUT2D eigenvalue weighted by Gasteiger charge is -2.22. The molecule has 1 heterocycles. The Morgan fingerprint density at radius 2 is 2.15 bits per heavy atom. The molecule has 0 bridgehead atoms. The molecule has 0 spiro atoms. The van der Waals surface area contributed by atoms with E-state index in [2.05, 4.69) is 10.6 Å². The molecule has 0 saturated carbocycles. The average molecular weight is 224 g/mol. The largest absolute Gasteiger partial charge is 0.336 e. The van der Waals surface area contributed by atoms with E-state index in [-0.39, 0.29) is 18.6 Å². The number of halogens is 1. The number of amides is 2. The Morgan fingerprint density at radius 1 is 1.46 bits per heavy atom. The second-order valence-corrected chi connectivity index (χ2v) is 5.07. The van der Waals surface area contributed by atoms with Crippen molar-refractivity contribution in [2.45, 2.75) is 6.04 Å². The van der Waals surface area contributed by atoms with Crippen LogP contribution >= 0.6 is 23.5 Å². The molecule has 1 fully saturated rings. The van der Waals surface area contributed by atoms with E-state index >= 15 is 0 Å². The monoisotopic (exact) mass is 224 g/mol. The van der Waals surface area contributed by atoms with Crippen molar-refractivity contribution >= 4 is 29.6 Å². The van der Waals surface area contributed by atoms with Gasteiger partial charge in [0.25, 0.3) is 0 Å². The van der Waals surface area contributed by atoms with E-state index < -0.39 is 6.67 Å². The fourth-order valence-electron chi connectivity index (χ4n) is 0.968. The van der Waals surface area contributed by atoms with Gasteiger partial charge in [0, 0.05) is 29.2 Å². The minimum atomic E-state index is -0.512. The van der Waals surface area contributed by atoms with Gasteiger partial charge < -0.3 is 10.6 Å². The Balaban J connectivity index is 2.11. The normalized spacial score (nSPS) is 18.2. The molecule has 0 aromatic carbocycles. The van der Waals surface area contributed by atoms with Gasteiger partial charge in [0.15, 0.2) is 0 Å². The average Bonchev–Trinajstić information content (AvgIpc) is 2.16. The molecule has 1 aliphatic heterocycles. The number of hydrogen-bond donors (Lipinski definition) is 2. The molecule has 2 amide bonds. The van der Waals surface area contributed by atoms with Gasteiger partial charge in [0.2, 0.25) is 0 Å². The molecule has 0 aliphatic carbocycles. The quantitative estimate of drug-likeness (QED) is 0.753. The number of hydrogen-bond acceptors (Lipinski definition) is 3. The van der Waals surface area contributed by atoms with E-state index in [1.165, 1.54) is 0 Å². The maximum atomic E-state index is 11.7. The number of carbonyl (C=O) groups excluding carboxylic acids is 1. The minimum absolute atomic E-state index is 0.0961. The zero-order chi connectivity index (χ0) is 9.52. The molecule has 2 N–H and O–H groups in total. The molecule has 1 rings (SSSR count). The summed E-state index contributed by atoms with van der Waals surface area (Å²) in [4.78, 5) is 11.1. The molecule has 0 aromatic rings. The lowest BCUT2D eigenvalue weighted by atomic mass is 10.4. The van der Waals surface area contributed by atoms with Gasteiger partial charge >= 0.3 is 6.03 Å². The Labute approximate surface area is 85.6 Å². The minimum Gasteiger partial charge on any atom is -0.336 e. The maximum absolute atomic E-state index is 11.7. The summed E-state index contributed by atoms with van der Waals surface area (Å²) < 4.78 is 11.7. The highest BCUT2D eigenvalue weighted by molar-refractivity contribution is 8.16. The summed E-state index contributed by atoms with van der Waals surface area (Å²) in [6.07, 6.45) is 0. The molecular weight excluding hydrogens is 211 g/mol. The topological polar surface area (TPSA) is 41.1 Å². The lowest BCUT2D eigenvalue weighted by molar-refractivity contribution is 0.237. The van der Waals surface area contributed by atoms with Gasteiger partial charge in [0.1, 0.15) is 6.67 Å². The standard InChI is InChI=1S/C7H13FN2OS2/c8-1-2-9-7(11)10-6-3-12-5-13-4-6/h6H,1-5H2,(H2,9,10,11). The van der Waals surface area contributed by atoms with Crippen LogP contribution in [0.5, 0.6) is 0 Å². The van der Waals surface area contributed by atoms with Gasteiger partial charge in [-0.3, -0.25) is 0 Å². The summed E-state index contributed by atoms with van der Waals surface area (Å²) in [5.41, 5.74) is 0. The summed E-state index contributed by atoms with van der Waals surface area (Å²) in [6.45, 7) is -0.416. The van der Waals surface area contributed by atoms with E-state index in [4.69, 9.17) is 0 Å². The van der Waals surface area contributed by atoms with Crippen molar-refractivity contribution in [3.8, 4) is 0 Å². The third-order valence-electron chi connectivity index (χ3n) is 1.52. The van der Waals surface area contributed by atoms with Crippen molar-refractivity contribution in [2.24, 2.45) is 0 Å². The van der Waals surface area contributed by atoms with Crippen LogP contribution in [0.4, 0.5) is 9.18 Å². The molecular formula is C7H13FN2OS2. The smallest absolute Gasteiger partial charge is 0.315 e. The van der Waals surface area contributed by atoms with Crippen molar-refractivity contribution in [1.29, 1.82) is 0 Å². The van der Waals surface area contributed by atoms with Crippen molar-refractivity contribution < 1.29 is 9.18 Å². The van der Waals surface area contributed by atoms with Crippen LogP contribution in [0.3, 0.4) is 0 Å². The van der Waals surface area contributed by atoms with Crippen LogP contribution in [-0.4, -0.2) is 41.9 Å². The van der Waals surface area contributed by atoms with Crippen molar-refractivity contribution in [2.75, 3.05) is 29.8 Å².